The van der Waals surface area contributed by atoms with Crippen LogP contribution < -0.4 is 10.6 Å². The van der Waals surface area contributed by atoms with Gasteiger partial charge in [0.1, 0.15) is 11.5 Å². The molecule has 0 radical (unpaired) electrons. The monoisotopic (exact) mass is 377 g/mol. The third kappa shape index (κ3) is 7.17. The predicted octanol–water partition coefficient (Wildman–Crippen LogP) is 3.04. The highest BCUT2D eigenvalue weighted by Gasteiger charge is 2.34. The van der Waals surface area contributed by atoms with Gasteiger partial charge in [-0.25, -0.2) is 4.98 Å². The van der Waals surface area contributed by atoms with Crippen molar-refractivity contribution in [2.24, 2.45) is 5.73 Å². The highest BCUT2D eigenvalue weighted by Crippen LogP contribution is 2.31. The second kappa shape index (κ2) is 9.72. The highest BCUT2D eigenvalue weighted by molar-refractivity contribution is 5.62. The molecule has 0 spiro atoms. The number of pyridine rings is 1. The lowest BCUT2D eigenvalue weighted by Gasteiger charge is -2.34. The zero-order valence-electron chi connectivity index (χ0n) is 15.2. The van der Waals surface area contributed by atoms with Gasteiger partial charge in [-0.15, -0.1) is 0 Å². The maximum atomic E-state index is 12.8. The van der Waals surface area contributed by atoms with Crippen molar-refractivity contribution in [2.75, 3.05) is 18.0 Å². The van der Waals surface area contributed by atoms with Crippen LogP contribution in [-0.2, 0) is 22.3 Å². The lowest BCUT2D eigenvalue weighted by molar-refractivity contribution is -0.141. The van der Waals surface area contributed by atoms with Crippen LogP contribution in [0.4, 0.5) is 19.0 Å². The minimum Gasteiger partial charge on any atom is -0.481 e. The molecule has 148 valence electrons. The number of anilines is 1. The van der Waals surface area contributed by atoms with Crippen LogP contribution in [0, 0.1) is 0 Å². The summed E-state index contributed by atoms with van der Waals surface area (Å²) in [6.45, 7) is 6.46. The fraction of sp³-hybridized carbons (Fsp3) is 0.647. The molecule has 1 fully saturated rings. The molecule has 0 amide bonds. The zero-order valence-corrected chi connectivity index (χ0v) is 15.2. The molecular weight excluding hydrogens is 351 g/mol. The van der Waals surface area contributed by atoms with Gasteiger partial charge in [0.2, 0.25) is 0 Å². The first-order chi connectivity index (χ1) is 12.0. The summed E-state index contributed by atoms with van der Waals surface area (Å²) in [7, 11) is 0. The number of piperidine rings is 1. The number of aromatic nitrogens is 1. The Morgan fingerprint density at radius 3 is 2.35 bits per heavy atom. The van der Waals surface area contributed by atoms with Crippen molar-refractivity contribution in [3.05, 3.63) is 23.4 Å². The van der Waals surface area contributed by atoms with E-state index in [9.17, 15) is 13.2 Å². The van der Waals surface area contributed by atoms with E-state index in [-0.39, 0.29) is 18.8 Å². The van der Waals surface area contributed by atoms with Crippen LogP contribution in [0.15, 0.2) is 12.1 Å². The number of aliphatic carboxylic acids is 1. The molecule has 0 bridgehead atoms. The number of ether oxygens (including phenoxy) is 1. The third-order valence-electron chi connectivity index (χ3n) is 3.67. The first-order valence-corrected chi connectivity index (χ1v) is 8.41. The molecule has 3 N–H and O–H groups in total. The zero-order chi connectivity index (χ0) is 19.9. The standard InChI is InChI=1S/C15H22F3N3O.C2H4O2/c1-10(2)22-12-5-7-21(8-6-12)14-11(9-19)3-4-13(20-14)15(16,17)18;1-2(3)4/h3-4,10,12H,5-9,19H2,1-2H3;1H3,(H,3,4). The van der Waals surface area contributed by atoms with E-state index in [1.165, 1.54) is 6.07 Å². The van der Waals surface area contributed by atoms with Gasteiger partial charge >= 0.3 is 6.18 Å². The molecule has 0 unspecified atom stereocenters. The Kier molecular flexibility index (Phi) is 8.29. The molecule has 1 aliphatic rings. The lowest BCUT2D eigenvalue weighted by atomic mass is 10.1. The van der Waals surface area contributed by atoms with Gasteiger partial charge in [0.05, 0.1) is 12.2 Å². The Bertz CT molecular complexity index is 582. The van der Waals surface area contributed by atoms with Gasteiger partial charge in [0, 0.05) is 32.1 Å². The number of halogens is 3. The van der Waals surface area contributed by atoms with Crippen molar-refractivity contribution in [3.63, 3.8) is 0 Å². The number of nitrogens with two attached hydrogens (primary N) is 1. The normalized spacial score (nSPS) is 15.6. The maximum absolute atomic E-state index is 12.8. The predicted molar refractivity (Wildman–Crippen MR) is 91.9 cm³/mol. The molecular formula is C17H26F3N3O3. The Morgan fingerprint density at radius 1 is 1.38 bits per heavy atom. The fourth-order valence-corrected chi connectivity index (χ4v) is 2.66. The summed E-state index contributed by atoms with van der Waals surface area (Å²) in [6.07, 6.45) is -2.58. The summed E-state index contributed by atoms with van der Waals surface area (Å²) in [5.74, 6) is -0.486. The summed E-state index contributed by atoms with van der Waals surface area (Å²) in [5.41, 5.74) is 5.40. The third-order valence-corrected chi connectivity index (χ3v) is 3.67. The number of hydrogen-bond donors (Lipinski definition) is 2. The SMILES string of the molecule is CC(=O)O.CC(C)OC1CCN(c2nc(C(F)(F)F)ccc2CN)CC1. The number of carbonyl (C=O) groups is 1. The van der Waals surface area contributed by atoms with E-state index in [0.717, 1.165) is 25.8 Å². The number of carboxylic acid groups (broad SMARTS) is 1. The van der Waals surface area contributed by atoms with Crippen LogP contribution in [-0.4, -0.2) is 41.4 Å². The summed E-state index contributed by atoms with van der Waals surface area (Å²) in [6, 6.07) is 2.40. The lowest BCUT2D eigenvalue weighted by Crippen LogP contribution is -2.39. The van der Waals surface area contributed by atoms with Crippen molar-refractivity contribution in [1.29, 1.82) is 0 Å². The van der Waals surface area contributed by atoms with Crippen LogP contribution in [0.25, 0.3) is 0 Å². The Labute approximate surface area is 151 Å². The molecule has 0 atom stereocenters. The van der Waals surface area contributed by atoms with Crippen molar-refractivity contribution in [2.45, 2.75) is 58.5 Å². The maximum Gasteiger partial charge on any atom is 0.433 e. The molecule has 1 aromatic rings. The molecule has 1 saturated heterocycles. The summed E-state index contributed by atoms with van der Waals surface area (Å²) >= 11 is 0. The van der Waals surface area contributed by atoms with E-state index in [4.69, 9.17) is 20.4 Å². The molecule has 0 aromatic carbocycles. The van der Waals surface area contributed by atoms with Gasteiger partial charge < -0.3 is 20.5 Å². The van der Waals surface area contributed by atoms with E-state index < -0.39 is 17.8 Å². The first-order valence-electron chi connectivity index (χ1n) is 8.41. The first kappa shape index (κ1) is 22.2. The molecule has 1 aromatic heterocycles. The van der Waals surface area contributed by atoms with E-state index in [0.29, 0.717) is 24.5 Å². The summed E-state index contributed by atoms with van der Waals surface area (Å²) in [4.78, 5) is 14.7. The van der Waals surface area contributed by atoms with E-state index in [1.807, 2.05) is 18.7 Å². The molecule has 1 aliphatic heterocycles. The molecule has 2 rings (SSSR count). The molecule has 0 saturated carbocycles. The van der Waals surface area contributed by atoms with Gasteiger partial charge in [-0.3, -0.25) is 4.79 Å². The van der Waals surface area contributed by atoms with Crippen LogP contribution >= 0.6 is 0 Å². The van der Waals surface area contributed by atoms with Gasteiger partial charge in [-0.1, -0.05) is 6.07 Å². The Morgan fingerprint density at radius 2 is 1.92 bits per heavy atom. The van der Waals surface area contributed by atoms with Crippen LogP contribution in [0.3, 0.4) is 0 Å². The van der Waals surface area contributed by atoms with Crippen molar-refractivity contribution in [1.82, 2.24) is 4.98 Å². The van der Waals surface area contributed by atoms with Gasteiger partial charge in [-0.05, 0) is 32.8 Å². The average molecular weight is 377 g/mol. The van der Waals surface area contributed by atoms with Gasteiger partial charge in [-0.2, -0.15) is 13.2 Å². The minimum absolute atomic E-state index is 0.155. The van der Waals surface area contributed by atoms with E-state index >= 15 is 0 Å². The number of hydrogen-bond acceptors (Lipinski definition) is 5. The van der Waals surface area contributed by atoms with Crippen molar-refractivity contribution in [3.8, 4) is 0 Å². The average Bonchev–Trinajstić information content (AvgIpc) is 2.53. The fourth-order valence-electron chi connectivity index (χ4n) is 2.66. The second-order valence-electron chi connectivity index (χ2n) is 6.27. The number of carboxylic acids is 1. The largest absolute Gasteiger partial charge is 0.481 e. The topological polar surface area (TPSA) is 88.7 Å². The molecule has 26 heavy (non-hydrogen) atoms. The molecule has 6 nitrogen and oxygen atoms in total. The Balaban J connectivity index is 0.000000765. The highest BCUT2D eigenvalue weighted by atomic mass is 19.4. The van der Waals surface area contributed by atoms with Gasteiger partial charge in [0.25, 0.3) is 5.97 Å². The Hall–Kier alpha value is -1.87. The summed E-state index contributed by atoms with van der Waals surface area (Å²) in [5, 5.41) is 7.42. The van der Waals surface area contributed by atoms with Crippen LogP contribution in [0.1, 0.15) is 44.9 Å². The number of rotatable bonds is 4. The smallest absolute Gasteiger partial charge is 0.433 e. The quantitative estimate of drug-likeness (QED) is 0.838. The second-order valence-corrected chi connectivity index (χ2v) is 6.27. The van der Waals surface area contributed by atoms with Crippen LogP contribution in [0.5, 0.6) is 0 Å². The van der Waals surface area contributed by atoms with Gasteiger partial charge in [0.15, 0.2) is 0 Å². The minimum atomic E-state index is -4.44. The van der Waals surface area contributed by atoms with E-state index in [2.05, 4.69) is 4.98 Å². The van der Waals surface area contributed by atoms with Crippen molar-refractivity contribution < 1.29 is 27.8 Å². The van der Waals surface area contributed by atoms with Crippen LogP contribution in [0.2, 0.25) is 0 Å². The summed E-state index contributed by atoms with van der Waals surface area (Å²) < 4.78 is 44.3. The molecule has 2 heterocycles. The molecule has 0 aliphatic carbocycles. The van der Waals surface area contributed by atoms with E-state index in [1.54, 1.807) is 0 Å². The molecule has 9 heteroatoms. The van der Waals surface area contributed by atoms with Crippen molar-refractivity contribution >= 4 is 11.8 Å². The number of nitrogens with zero attached hydrogens (tertiary/aromatic N) is 2. The number of alkyl halides is 3.